The monoisotopic (exact) mass is 348 g/mol. The van der Waals surface area contributed by atoms with Gasteiger partial charge in [-0.2, -0.15) is 0 Å². The van der Waals surface area contributed by atoms with Gasteiger partial charge in [-0.25, -0.2) is 8.78 Å². The first-order valence-corrected chi connectivity index (χ1v) is 8.07. The third-order valence-corrected chi connectivity index (χ3v) is 3.90. The van der Waals surface area contributed by atoms with E-state index < -0.39 is 17.7 Å². The summed E-state index contributed by atoms with van der Waals surface area (Å²) in [6, 6.07) is 12.2. The number of hydrogen-bond donors (Lipinski definition) is 1. The van der Waals surface area contributed by atoms with E-state index in [1.165, 1.54) is 0 Å². The molecule has 6 heteroatoms. The Labute approximate surface area is 146 Å². The van der Waals surface area contributed by atoms with Crippen LogP contribution in [0.3, 0.4) is 0 Å². The summed E-state index contributed by atoms with van der Waals surface area (Å²) in [5.41, 5.74) is 0.225. The minimum absolute atomic E-state index is 0.0719. The summed E-state index contributed by atoms with van der Waals surface area (Å²) in [6.07, 6.45) is 0. The van der Waals surface area contributed by atoms with Crippen LogP contribution < -0.4 is 10.1 Å². The van der Waals surface area contributed by atoms with Gasteiger partial charge >= 0.3 is 0 Å². The van der Waals surface area contributed by atoms with Gasteiger partial charge < -0.3 is 10.1 Å². The first kappa shape index (κ1) is 18.9. The van der Waals surface area contributed by atoms with E-state index in [1.54, 1.807) is 18.9 Å². The van der Waals surface area contributed by atoms with E-state index in [0.717, 1.165) is 23.9 Å². The Hall–Kier alpha value is -2.47. The van der Waals surface area contributed by atoms with Crippen LogP contribution in [-0.4, -0.2) is 37.6 Å². The third-order valence-electron chi connectivity index (χ3n) is 3.90. The summed E-state index contributed by atoms with van der Waals surface area (Å²) in [5.74, 6) is -0.455. The predicted molar refractivity (Wildman–Crippen MR) is 92.3 cm³/mol. The van der Waals surface area contributed by atoms with E-state index in [-0.39, 0.29) is 18.0 Å². The summed E-state index contributed by atoms with van der Waals surface area (Å²) >= 11 is 0. The van der Waals surface area contributed by atoms with Crippen LogP contribution in [-0.2, 0) is 4.79 Å². The average molecular weight is 348 g/mol. The molecule has 0 aliphatic heterocycles. The van der Waals surface area contributed by atoms with Crippen molar-refractivity contribution < 1.29 is 18.3 Å². The number of para-hydroxylation sites is 1. The minimum atomic E-state index is -0.501. The van der Waals surface area contributed by atoms with E-state index >= 15 is 0 Å². The molecule has 2 aromatic carbocycles. The van der Waals surface area contributed by atoms with E-state index in [1.807, 2.05) is 30.3 Å². The standard InChI is InChI=1S/C19H22F2N2O2/c1-14(17-12-15(20)8-9-18(17)21)23(2)13-19(24)22-10-11-25-16-6-4-3-5-7-16/h3-9,12,14H,10-11,13H2,1-2H3,(H,22,24). The lowest BCUT2D eigenvalue weighted by Crippen LogP contribution is -2.38. The third kappa shape index (κ3) is 5.83. The van der Waals surface area contributed by atoms with Crippen LogP contribution in [0.2, 0.25) is 0 Å². The highest BCUT2D eigenvalue weighted by molar-refractivity contribution is 5.78. The van der Waals surface area contributed by atoms with E-state index in [2.05, 4.69) is 5.32 Å². The molecular formula is C19H22F2N2O2. The van der Waals surface area contributed by atoms with Crippen LogP contribution in [0.5, 0.6) is 5.75 Å². The molecule has 0 bridgehead atoms. The van der Waals surface area contributed by atoms with Crippen molar-refractivity contribution in [3.05, 3.63) is 65.7 Å². The Morgan fingerprint density at radius 2 is 1.92 bits per heavy atom. The molecule has 0 saturated heterocycles. The molecule has 1 atom stereocenters. The molecule has 0 spiro atoms. The van der Waals surface area contributed by atoms with Crippen molar-refractivity contribution in [2.45, 2.75) is 13.0 Å². The molecule has 0 aliphatic rings. The zero-order valence-corrected chi connectivity index (χ0v) is 14.3. The first-order valence-electron chi connectivity index (χ1n) is 8.07. The van der Waals surface area contributed by atoms with E-state index in [4.69, 9.17) is 4.74 Å². The fourth-order valence-corrected chi connectivity index (χ4v) is 2.37. The second-order valence-corrected chi connectivity index (χ2v) is 5.77. The first-order chi connectivity index (χ1) is 12.0. The Morgan fingerprint density at radius 1 is 1.20 bits per heavy atom. The normalized spacial score (nSPS) is 12.0. The number of nitrogens with one attached hydrogen (secondary N) is 1. The van der Waals surface area contributed by atoms with Crippen molar-refractivity contribution >= 4 is 5.91 Å². The molecule has 0 radical (unpaired) electrons. The van der Waals surface area contributed by atoms with Crippen LogP contribution in [0, 0.1) is 11.6 Å². The summed E-state index contributed by atoms with van der Waals surface area (Å²) in [4.78, 5) is 13.6. The van der Waals surface area contributed by atoms with Gasteiger partial charge in [0, 0.05) is 11.6 Å². The maximum absolute atomic E-state index is 13.8. The van der Waals surface area contributed by atoms with Crippen molar-refractivity contribution in [2.75, 3.05) is 26.7 Å². The lowest BCUT2D eigenvalue weighted by atomic mass is 10.1. The van der Waals surface area contributed by atoms with Crippen molar-refractivity contribution in [3.8, 4) is 5.75 Å². The van der Waals surface area contributed by atoms with Crippen LogP contribution >= 0.6 is 0 Å². The highest BCUT2D eigenvalue weighted by atomic mass is 19.1. The number of carbonyl (C=O) groups is 1. The fraction of sp³-hybridized carbons (Fsp3) is 0.316. The Bertz CT molecular complexity index is 695. The highest BCUT2D eigenvalue weighted by Crippen LogP contribution is 2.22. The molecule has 0 aromatic heterocycles. The van der Waals surface area contributed by atoms with Crippen LogP contribution in [0.25, 0.3) is 0 Å². The molecule has 1 unspecified atom stereocenters. The van der Waals surface area contributed by atoms with Gasteiger partial charge in [-0.05, 0) is 44.3 Å². The van der Waals surface area contributed by atoms with Crippen LogP contribution in [0.15, 0.2) is 48.5 Å². The molecule has 134 valence electrons. The summed E-state index contributed by atoms with van der Waals surface area (Å²) in [6.45, 7) is 2.52. The molecule has 2 rings (SSSR count). The Morgan fingerprint density at radius 3 is 2.64 bits per heavy atom. The maximum Gasteiger partial charge on any atom is 0.234 e. The van der Waals surface area contributed by atoms with Crippen LogP contribution in [0.1, 0.15) is 18.5 Å². The van der Waals surface area contributed by atoms with Gasteiger partial charge in [-0.1, -0.05) is 18.2 Å². The quantitative estimate of drug-likeness (QED) is 0.745. The molecule has 4 nitrogen and oxygen atoms in total. The minimum Gasteiger partial charge on any atom is -0.492 e. The second kappa shape index (κ2) is 9.13. The largest absolute Gasteiger partial charge is 0.492 e. The van der Waals surface area contributed by atoms with Crippen molar-refractivity contribution in [3.63, 3.8) is 0 Å². The topological polar surface area (TPSA) is 41.6 Å². The Kier molecular flexibility index (Phi) is 6.89. The maximum atomic E-state index is 13.8. The lowest BCUT2D eigenvalue weighted by Gasteiger charge is -2.24. The van der Waals surface area contributed by atoms with Gasteiger partial charge in [0.05, 0.1) is 13.1 Å². The highest BCUT2D eigenvalue weighted by Gasteiger charge is 2.18. The number of amides is 1. The van der Waals surface area contributed by atoms with Gasteiger partial charge in [-0.15, -0.1) is 0 Å². The summed E-state index contributed by atoms with van der Waals surface area (Å²) in [7, 11) is 1.69. The summed E-state index contributed by atoms with van der Waals surface area (Å²) < 4.78 is 32.6. The predicted octanol–water partition coefficient (Wildman–Crippen LogP) is 3.15. The molecule has 0 heterocycles. The number of rotatable bonds is 8. The molecule has 0 aliphatic carbocycles. The molecule has 0 fully saturated rings. The number of benzene rings is 2. The fourth-order valence-electron chi connectivity index (χ4n) is 2.37. The molecule has 2 aromatic rings. The molecule has 1 amide bonds. The zero-order chi connectivity index (χ0) is 18.2. The average Bonchev–Trinajstić information content (AvgIpc) is 2.61. The van der Waals surface area contributed by atoms with Gasteiger partial charge in [0.25, 0.3) is 0 Å². The molecule has 1 N–H and O–H groups in total. The summed E-state index contributed by atoms with van der Waals surface area (Å²) in [5, 5.41) is 2.74. The van der Waals surface area contributed by atoms with E-state index in [9.17, 15) is 13.6 Å². The number of halogens is 2. The van der Waals surface area contributed by atoms with Crippen molar-refractivity contribution in [1.82, 2.24) is 10.2 Å². The van der Waals surface area contributed by atoms with Gasteiger partial charge in [0.1, 0.15) is 24.0 Å². The van der Waals surface area contributed by atoms with Gasteiger partial charge in [0.15, 0.2) is 0 Å². The van der Waals surface area contributed by atoms with E-state index in [0.29, 0.717) is 13.2 Å². The van der Waals surface area contributed by atoms with Crippen molar-refractivity contribution in [2.24, 2.45) is 0 Å². The second-order valence-electron chi connectivity index (χ2n) is 5.77. The molecule has 0 saturated carbocycles. The number of ether oxygens (including phenoxy) is 1. The smallest absolute Gasteiger partial charge is 0.234 e. The Balaban J connectivity index is 1.76. The zero-order valence-electron chi connectivity index (χ0n) is 14.3. The number of nitrogens with zero attached hydrogens (tertiary/aromatic N) is 1. The van der Waals surface area contributed by atoms with Gasteiger partial charge in [-0.3, -0.25) is 9.69 Å². The number of hydrogen-bond acceptors (Lipinski definition) is 3. The van der Waals surface area contributed by atoms with Crippen LogP contribution in [0.4, 0.5) is 8.78 Å². The number of likely N-dealkylation sites (N-methyl/N-ethyl adjacent to an activating group) is 1. The number of carbonyl (C=O) groups excluding carboxylic acids is 1. The lowest BCUT2D eigenvalue weighted by molar-refractivity contribution is -0.122. The molecular weight excluding hydrogens is 326 g/mol. The molecule has 25 heavy (non-hydrogen) atoms. The van der Waals surface area contributed by atoms with Crippen molar-refractivity contribution in [1.29, 1.82) is 0 Å². The SMILES string of the molecule is CC(c1cc(F)ccc1F)N(C)CC(=O)NCCOc1ccccc1. The van der Waals surface area contributed by atoms with Gasteiger partial charge in [0.2, 0.25) is 5.91 Å².